The summed E-state index contributed by atoms with van der Waals surface area (Å²) >= 11 is 0. The zero-order chi connectivity index (χ0) is 33.3. The van der Waals surface area contributed by atoms with E-state index in [0.717, 1.165) is 34.0 Å². The molecule has 0 amide bonds. The number of para-hydroxylation sites is 3. The maximum atomic E-state index is 6.41. The molecule has 1 unspecified atom stereocenters. The van der Waals surface area contributed by atoms with E-state index in [2.05, 4.69) is 175 Å². The molecule has 1 atom stereocenters. The number of furan rings is 1. The molecule has 240 valence electrons. The Bertz CT molecular complexity index is 2850. The topological polar surface area (TPSA) is 23.0 Å². The van der Waals surface area contributed by atoms with Crippen molar-refractivity contribution in [1.82, 2.24) is 9.13 Å². The molecular weight excluding hydrogens is 609 g/mol. The molecule has 7 aromatic carbocycles. The molecule has 0 saturated carbocycles. The fraction of sp³-hybridized carbons (Fsp3) is 0.106. The number of benzene rings is 7. The van der Waals surface area contributed by atoms with Gasteiger partial charge in [-0.05, 0) is 108 Å². The Morgan fingerprint density at radius 1 is 0.460 bits per heavy atom. The molecule has 10 rings (SSSR count). The van der Waals surface area contributed by atoms with Gasteiger partial charge in [-0.1, -0.05) is 93.1 Å². The van der Waals surface area contributed by atoms with Crippen LogP contribution in [0, 0.1) is 5.92 Å². The van der Waals surface area contributed by atoms with E-state index in [9.17, 15) is 0 Å². The summed E-state index contributed by atoms with van der Waals surface area (Å²) in [6.45, 7) is 4.62. The molecule has 0 aliphatic carbocycles. The van der Waals surface area contributed by atoms with Crippen LogP contribution in [0.4, 0.5) is 0 Å². The van der Waals surface area contributed by atoms with Gasteiger partial charge in [0, 0.05) is 43.7 Å². The lowest BCUT2D eigenvalue weighted by Crippen LogP contribution is -1.98. The van der Waals surface area contributed by atoms with Gasteiger partial charge in [-0.25, -0.2) is 0 Å². The highest BCUT2D eigenvalue weighted by atomic mass is 16.3. The Labute approximate surface area is 290 Å². The van der Waals surface area contributed by atoms with Crippen LogP contribution in [-0.2, 0) is 6.42 Å². The largest absolute Gasteiger partial charge is 0.456 e. The van der Waals surface area contributed by atoms with Crippen LogP contribution >= 0.6 is 0 Å². The number of rotatable bonds is 6. The van der Waals surface area contributed by atoms with Gasteiger partial charge in [-0.3, -0.25) is 0 Å². The summed E-state index contributed by atoms with van der Waals surface area (Å²) in [5, 5.41) is 7.35. The Hall–Kier alpha value is -6.06. The van der Waals surface area contributed by atoms with Gasteiger partial charge in [-0.15, -0.1) is 0 Å². The summed E-state index contributed by atoms with van der Waals surface area (Å²) < 4.78 is 11.2. The summed E-state index contributed by atoms with van der Waals surface area (Å²) in [6.07, 6.45) is 2.27. The Morgan fingerprint density at radius 2 is 1.00 bits per heavy atom. The highest BCUT2D eigenvalue weighted by molar-refractivity contribution is 6.13. The minimum atomic E-state index is 0.650. The van der Waals surface area contributed by atoms with Gasteiger partial charge in [0.1, 0.15) is 11.2 Å². The molecule has 0 aliphatic rings. The van der Waals surface area contributed by atoms with E-state index in [4.69, 9.17) is 4.42 Å². The molecule has 0 saturated heterocycles. The third kappa shape index (κ3) is 4.43. The predicted octanol–water partition coefficient (Wildman–Crippen LogP) is 13.0. The summed E-state index contributed by atoms with van der Waals surface area (Å²) in [4.78, 5) is 0. The number of hydrogen-bond donors (Lipinski definition) is 0. The van der Waals surface area contributed by atoms with Crippen LogP contribution in [0.5, 0.6) is 0 Å². The SMILES string of the molecule is CCC(C)Cc1ccc2c(c1)c1cc(-c3ccc4oc5ccc(-n6c7ccccc7c7ccccc76)cc5c4c3)ccc1n2-c1ccccc1. The van der Waals surface area contributed by atoms with Crippen molar-refractivity contribution in [3.8, 4) is 22.5 Å². The number of nitrogens with zero attached hydrogens (tertiary/aromatic N) is 2. The third-order valence-electron chi connectivity index (χ3n) is 10.7. The molecule has 0 bridgehead atoms. The summed E-state index contributed by atoms with van der Waals surface area (Å²) in [5.74, 6) is 0.650. The van der Waals surface area contributed by atoms with Crippen LogP contribution < -0.4 is 0 Å². The van der Waals surface area contributed by atoms with Crippen molar-refractivity contribution in [1.29, 1.82) is 0 Å². The molecule has 50 heavy (non-hydrogen) atoms. The Kier molecular flexibility index (Phi) is 6.50. The Morgan fingerprint density at radius 3 is 1.72 bits per heavy atom. The van der Waals surface area contributed by atoms with Crippen molar-refractivity contribution in [2.75, 3.05) is 0 Å². The fourth-order valence-electron chi connectivity index (χ4n) is 8.06. The molecule has 3 nitrogen and oxygen atoms in total. The molecule has 0 aliphatic heterocycles. The van der Waals surface area contributed by atoms with Gasteiger partial charge in [0.25, 0.3) is 0 Å². The lowest BCUT2D eigenvalue weighted by Gasteiger charge is -2.10. The van der Waals surface area contributed by atoms with Gasteiger partial charge in [0.2, 0.25) is 0 Å². The van der Waals surface area contributed by atoms with Crippen LogP contribution in [0.2, 0.25) is 0 Å². The normalized spacial score (nSPS) is 12.7. The van der Waals surface area contributed by atoms with Crippen LogP contribution in [-0.4, -0.2) is 9.13 Å². The number of fused-ring (bicyclic) bond motifs is 9. The molecule has 3 heteroatoms. The molecule has 3 aromatic heterocycles. The first kappa shape index (κ1) is 28.9. The van der Waals surface area contributed by atoms with E-state index in [1.54, 1.807) is 0 Å². The zero-order valence-electron chi connectivity index (χ0n) is 28.2. The molecule has 0 fully saturated rings. The molecule has 0 radical (unpaired) electrons. The van der Waals surface area contributed by atoms with Crippen molar-refractivity contribution in [3.63, 3.8) is 0 Å². The van der Waals surface area contributed by atoms with Crippen molar-refractivity contribution in [2.45, 2.75) is 26.7 Å². The fourth-order valence-corrected chi connectivity index (χ4v) is 8.06. The van der Waals surface area contributed by atoms with Crippen molar-refractivity contribution < 1.29 is 4.42 Å². The van der Waals surface area contributed by atoms with E-state index < -0.39 is 0 Å². The Balaban J connectivity index is 1.15. The first-order valence-corrected chi connectivity index (χ1v) is 17.7. The van der Waals surface area contributed by atoms with E-state index >= 15 is 0 Å². The quantitative estimate of drug-likeness (QED) is 0.177. The molecule has 0 spiro atoms. The molecule has 0 N–H and O–H groups in total. The van der Waals surface area contributed by atoms with E-state index in [-0.39, 0.29) is 0 Å². The minimum absolute atomic E-state index is 0.650. The van der Waals surface area contributed by atoms with Crippen molar-refractivity contribution in [2.24, 2.45) is 5.92 Å². The lowest BCUT2D eigenvalue weighted by atomic mass is 9.97. The van der Waals surface area contributed by atoms with Crippen molar-refractivity contribution >= 4 is 65.6 Å². The highest BCUT2D eigenvalue weighted by Gasteiger charge is 2.17. The maximum Gasteiger partial charge on any atom is 0.135 e. The summed E-state index contributed by atoms with van der Waals surface area (Å²) in [5.41, 5.74) is 12.8. The number of hydrogen-bond acceptors (Lipinski definition) is 1. The van der Waals surface area contributed by atoms with Gasteiger partial charge in [-0.2, -0.15) is 0 Å². The predicted molar refractivity (Wildman–Crippen MR) is 211 cm³/mol. The first-order valence-electron chi connectivity index (χ1n) is 17.7. The smallest absolute Gasteiger partial charge is 0.135 e. The minimum Gasteiger partial charge on any atom is -0.456 e. The molecule has 10 aromatic rings. The molecular formula is C47H36N2O. The van der Waals surface area contributed by atoms with Crippen LogP contribution in [0.3, 0.4) is 0 Å². The van der Waals surface area contributed by atoms with Crippen LogP contribution in [0.15, 0.2) is 156 Å². The van der Waals surface area contributed by atoms with E-state index in [0.29, 0.717) is 5.92 Å². The van der Waals surface area contributed by atoms with E-state index in [1.807, 2.05) is 0 Å². The third-order valence-corrected chi connectivity index (χ3v) is 10.7. The van der Waals surface area contributed by atoms with E-state index in [1.165, 1.54) is 72.4 Å². The lowest BCUT2D eigenvalue weighted by molar-refractivity contribution is 0.560. The second-order valence-electron chi connectivity index (χ2n) is 13.8. The van der Waals surface area contributed by atoms with Crippen LogP contribution in [0.25, 0.3) is 88.1 Å². The molecule has 3 heterocycles. The first-order chi connectivity index (χ1) is 24.6. The van der Waals surface area contributed by atoms with Crippen LogP contribution in [0.1, 0.15) is 25.8 Å². The second-order valence-corrected chi connectivity index (χ2v) is 13.8. The number of aromatic nitrogens is 2. The average Bonchev–Trinajstić information content (AvgIpc) is 3.81. The highest BCUT2D eigenvalue weighted by Crippen LogP contribution is 2.39. The average molecular weight is 645 g/mol. The standard InChI is InChI=1S/C47H36N2O/c1-3-30(2)25-31-17-21-44-38(26-31)39-27-32(18-22-45(39)48(44)34-11-5-4-6-12-34)33-19-23-46-40(28-33)41-29-35(20-24-47(41)50-46)49-42-15-9-7-13-36(42)37-14-8-10-16-43(37)49/h4-24,26-30H,3,25H2,1-2H3. The van der Waals surface area contributed by atoms with Gasteiger partial charge in [0.15, 0.2) is 0 Å². The summed E-state index contributed by atoms with van der Waals surface area (Å²) in [7, 11) is 0. The van der Waals surface area contributed by atoms with Gasteiger partial charge >= 0.3 is 0 Å². The van der Waals surface area contributed by atoms with Gasteiger partial charge in [0.05, 0.1) is 22.1 Å². The second kappa shape index (κ2) is 11.2. The monoisotopic (exact) mass is 644 g/mol. The summed E-state index contributed by atoms with van der Waals surface area (Å²) in [6, 6.07) is 55.3. The van der Waals surface area contributed by atoms with Crippen molar-refractivity contribution in [3.05, 3.63) is 157 Å². The zero-order valence-corrected chi connectivity index (χ0v) is 28.2. The van der Waals surface area contributed by atoms with Gasteiger partial charge < -0.3 is 13.6 Å². The maximum absolute atomic E-state index is 6.41.